The molecule has 0 aliphatic heterocycles. The summed E-state index contributed by atoms with van der Waals surface area (Å²) in [4.78, 5) is 26.3. The van der Waals surface area contributed by atoms with Crippen LogP contribution in [0.2, 0.25) is 0 Å². The van der Waals surface area contributed by atoms with Gasteiger partial charge in [0, 0.05) is 27.7 Å². The van der Waals surface area contributed by atoms with Crippen molar-refractivity contribution in [1.29, 1.82) is 0 Å². The van der Waals surface area contributed by atoms with Crippen LogP contribution in [-0.2, 0) is 22.4 Å². The summed E-state index contributed by atoms with van der Waals surface area (Å²) in [7, 11) is 0. The molecule has 4 aromatic rings. The Bertz CT molecular complexity index is 1360. The highest BCUT2D eigenvalue weighted by Crippen LogP contribution is 2.44. The molecule has 1 aliphatic carbocycles. The van der Waals surface area contributed by atoms with Gasteiger partial charge in [-0.25, -0.2) is 0 Å². The number of esters is 1. The zero-order chi connectivity index (χ0) is 24.9. The lowest BCUT2D eigenvalue weighted by Gasteiger charge is -2.15. The fraction of sp³-hybridized carbons (Fsp3) is 0.188. The molecule has 4 aromatic carbocycles. The Morgan fingerprint density at radius 3 is 2.22 bits per heavy atom. The summed E-state index contributed by atoms with van der Waals surface area (Å²) < 4.78 is 5.82. The fourth-order valence-corrected chi connectivity index (χ4v) is 5.91. The molecule has 0 fully saturated rings. The van der Waals surface area contributed by atoms with Gasteiger partial charge >= 0.3 is 5.97 Å². The van der Waals surface area contributed by atoms with Crippen LogP contribution in [0.3, 0.4) is 0 Å². The topological polar surface area (TPSA) is 43.4 Å². The first-order valence-corrected chi connectivity index (χ1v) is 13.2. The average Bonchev–Trinajstić information content (AvgIpc) is 3.25. The van der Waals surface area contributed by atoms with E-state index in [4.69, 9.17) is 4.74 Å². The summed E-state index contributed by atoms with van der Waals surface area (Å²) in [6.45, 7) is 2.47. The Labute approximate surface area is 216 Å². The Morgan fingerprint density at radius 1 is 0.861 bits per heavy atom. The highest BCUT2D eigenvalue weighted by atomic mass is 32.2. The molecule has 0 saturated carbocycles. The molecule has 0 saturated heterocycles. The first kappa shape index (κ1) is 24.1. The van der Waals surface area contributed by atoms with Crippen molar-refractivity contribution in [3.8, 4) is 11.1 Å². The van der Waals surface area contributed by atoms with E-state index < -0.39 is 0 Å². The molecule has 0 amide bonds. The molecule has 0 bridgehead atoms. The van der Waals surface area contributed by atoms with Crippen molar-refractivity contribution in [2.75, 3.05) is 6.61 Å². The van der Waals surface area contributed by atoms with Crippen molar-refractivity contribution < 1.29 is 14.3 Å². The molecule has 0 N–H and O–H groups in total. The maximum Gasteiger partial charge on any atom is 0.306 e. The predicted molar refractivity (Wildman–Crippen MR) is 145 cm³/mol. The lowest BCUT2D eigenvalue weighted by molar-refractivity contribution is -0.143. The molecule has 4 heteroatoms. The third kappa shape index (κ3) is 5.00. The van der Waals surface area contributed by atoms with Gasteiger partial charge in [-0.1, -0.05) is 97.5 Å². The zero-order valence-corrected chi connectivity index (χ0v) is 21.1. The molecule has 0 unspecified atom stereocenters. The number of ether oxygens (including phenoxy) is 1. The van der Waals surface area contributed by atoms with Gasteiger partial charge in [-0.3, -0.25) is 9.59 Å². The summed E-state index contributed by atoms with van der Waals surface area (Å²) in [6.07, 6.45) is 2.72. The molecule has 0 aromatic heterocycles. The van der Waals surface area contributed by atoms with Crippen LogP contribution in [0.25, 0.3) is 11.1 Å². The minimum atomic E-state index is -0.192. The molecule has 3 nitrogen and oxygen atoms in total. The second-order valence-corrected chi connectivity index (χ2v) is 10.0. The first-order valence-electron chi connectivity index (χ1n) is 12.4. The third-order valence-electron chi connectivity index (χ3n) is 6.77. The van der Waals surface area contributed by atoms with Gasteiger partial charge < -0.3 is 4.74 Å². The van der Waals surface area contributed by atoms with E-state index in [-0.39, 0.29) is 11.9 Å². The average molecular weight is 493 g/mol. The maximum atomic E-state index is 12.8. The number of carbonyl (C=O) groups excluding carboxylic acids is 2. The summed E-state index contributed by atoms with van der Waals surface area (Å²) >= 11 is 1.57. The van der Waals surface area contributed by atoms with Gasteiger partial charge in [0.2, 0.25) is 0 Å². The molecule has 0 radical (unpaired) electrons. The monoisotopic (exact) mass is 492 g/mol. The number of aldehydes is 1. The first-order chi connectivity index (χ1) is 17.7. The van der Waals surface area contributed by atoms with Crippen LogP contribution in [-0.4, -0.2) is 18.9 Å². The van der Waals surface area contributed by atoms with Crippen LogP contribution >= 0.6 is 11.8 Å². The quantitative estimate of drug-likeness (QED) is 0.179. The van der Waals surface area contributed by atoms with Crippen LogP contribution in [0.4, 0.5) is 0 Å². The van der Waals surface area contributed by atoms with Gasteiger partial charge in [0.05, 0.1) is 0 Å². The Hall–Kier alpha value is -3.63. The summed E-state index contributed by atoms with van der Waals surface area (Å²) in [5.74, 6) is -0.126. The summed E-state index contributed by atoms with van der Waals surface area (Å²) in [6, 6.07) is 30.7. The smallest absolute Gasteiger partial charge is 0.306 e. The SMILES string of the molecule is CCc1ccc(Sc2ccccc2C=O)c(CCC(=O)OCC2c3ccccc3-c3ccccc32)c1. The Kier molecular flexibility index (Phi) is 7.33. The normalized spacial score (nSPS) is 12.1. The lowest BCUT2D eigenvalue weighted by atomic mass is 9.98. The Balaban J connectivity index is 1.27. The van der Waals surface area contributed by atoms with E-state index in [0.717, 1.165) is 28.1 Å². The van der Waals surface area contributed by atoms with Crippen molar-refractivity contribution in [3.05, 3.63) is 119 Å². The highest BCUT2D eigenvalue weighted by molar-refractivity contribution is 7.99. The number of hydrogen-bond acceptors (Lipinski definition) is 4. The van der Waals surface area contributed by atoms with Gasteiger partial charge in [0.25, 0.3) is 0 Å². The van der Waals surface area contributed by atoms with Crippen molar-refractivity contribution >= 4 is 24.0 Å². The van der Waals surface area contributed by atoms with E-state index in [1.807, 2.05) is 36.4 Å². The molecule has 5 rings (SSSR count). The zero-order valence-electron chi connectivity index (χ0n) is 20.3. The van der Waals surface area contributed by atoms with Crippen molar-refractivity contribution in [2.24, 2.45) is 0 Å². The van der Waals surface area contributed by atoms with Crippen LogP contribution in [0.5, 0.6) is 0 Å². The molecular formula is C32H28O3S. The van der Waals surface area contributed by atoms with E-state index in [2.05, 4.69) is 61.5 Å². The highest BCUT2D eigenvalue weighted by Gasteiger charge is 2.29. The lowest BCUT2D eigenvalue weighted by Crippen LogP contribution is -2.13. The van der Waals surface area contributed by atoms with E-state index >= 15 is 0 Å². The Morgan fingerprint density at radius 2 is 1.53 bits per heavy atom. The molecule has 180 valence electrons. The van der Waals surface area contributed by atoms with Gasteiger partial charge in [-0.05, 0) is 58.4 Å². The summed E-state index contributed by atoms with van der Waals surface area (Å²) in [5, 5.41) is 0. The summed E-state index contributed by atoms with van der Waals surface area (Å²) in [5.41, 5.74) is 7.89. The standard InChI is InChI=1S/C32H28O3S/c1-2-22-15-17-31(36-30-14-8-3-9-24(30)20-33)23(19-22)16-18-32(34)35-21-29-27-12-6-4-10-25(27)26-11-5-7-13-28(26)29/h3-15,17,19-20,29H,2,16,18,21H2,1H3. The molecule has 0 spiro atoms. The van der Waals surface area contributed by atoms with Crippen LogP contribution < -0.4 is 0 Å². The second kappa shape index (κ2) is 11.0. The number of hydrogen-bond donors (Lipinski definition) is 0. The maximum absolute atomic E-state index is 12.8. The molecular weight excluding hydrogens is 464 g/mol. The number of carbonyl (C=O) groups is 2. The minimum Gasteiger partial charge on any atom is -0.465 e. The molecule has 36 heavy (non-hydrogen) atoms. The molecule has 0 atom stereocenters. The van der Waals surface area contributed by atoms with Crippen molar-refractivity contribution in [2.45, 2.75) is 41.9 Å². The number of benzene rings is 4. The fourth-order valence-electron chi connectivity index (χ4n) is 4.86. The van der Waals surface area contributed by atoms with Gasteiger partial charge in [-0.2, -0.15) is 0 Å². The van der Waals surface area contributed by atoms with Crippen LogP contribution in [0.1, 0.15) is 51.9 Å². The van der Waals surface area contributed by atoms with Crippen LogP contribution in [0.15, 0.2) is 101 Å². The van der Waals surface area contributed by atoms with E-state index in [0.29, 0.717) is 25.0 Å². The van der Waals surface area contributed by atoms with Gasteiger partial charge in [0.15, 0.2) is 6.29 Å². The number of rotatable bonds is 9. The van der Waals surface area contributed by atoms with E-state index in [1.54, 1.807) is 11.8 Å². The molecule has 0 heterocycles. The van der Waals surface area contributed by atoms with Crippen molar-refractivity contribution in [1.82, 2.24) is 0 Å². The minimum absolute atomic E-state index is 0.0655. The third-order valence-corrected chi connectivity index (χ3v) is 7.98. The van der Waals surface area contributed by atoms with Gasteiger partial charge in [0.1, 0.15) is 6.61 Å². The van der Waals surface area contributed by atoms with Crippen molar-refractivity contribution in [3.63, 3.8) is 0 Å². The number of aryl methyl sites for hydroxylation is 2. The predicted octanol–water partition coefficient (Wildman–Crippen LogP) is 7.50. The van der Waals surface area contributed by atoms with Gasteiger partial charge in [-0.15, -0.1) is 0 Å². The number of fused-ring (bicyclic) bond motifs is 3. The largest absolute Gasteiger partial charge is 0.465 e. The van der Waals surface area contributed by atoms with E-state index in [9.17, 15) is 9.59 Å². The molecule has 1 aliphatic rings. The van der Waals surface area contributed by atoms with E-state index in [1.165, 1.54) is 27.8 Å². The van der Waals surface area contributed by atoms with Crippen LogP contribution in [0, 0.1) is 0 Å². The second-order valence-electron chi connectivity index (χ2n) is 8.96.